The Morgan fingerprint density at radius 3 is 2.53 bits per heavy atom. The lowest BCUT2D eigenvalue weighted by atomic mass is 10.2. The van der Waals surface area contributed by atoms with Crippen LogP contribution in [0.15, 0.2) is 30.3 Å². The molecule has 1 saturated heterocycles. The molecule has 0 unspecified atom stereocenters. The number of hydrogen-bond acceptors (Lipinski definition) is 5. The summed E-state index contributed by atoms with van der Waals surface area (Å²) in [6.07, 6.45) is 3.59. The molecule has 30 heavy (non-hydrogen) atoms. The average Bonchev–Trinajstić information content (AvgIpc) is 3.59. The van der Waals surface area contributed by atoms with Crippen molar-refractivity contribution in [1.29, 1.82) is 0 Å². The summed E-state index contributed by atoms with van der Waals surface area (Å²) in [6, 6.07) is 8.98. The summed E-state index contributed by atoms with van der Waals surface area (Å²) >= 11 is 8.39. The lowest BCUT2D eigenvalue weighted by Gasteiger charge is -2.35. The zero-order valence-corrected chi connectivity index (χ0v) is 19.4. The van der Waals surface area contributed by atoms with E-state index >= 15 is 0 Å². The monoisotopic (exact) mass is 539 g/mol. The van der Waals surface area contributed by atoms with E-state index < -0.39 is 0 Å². The van der Waals surface area contributed by atoms with Crippen molar-refractivity contribution in [3.8, 4) is 0 Å². The maximum atomic E-state index is 12.8. The van der Waals surface area contributed by atoms with Crippen LogP contribution in [0, 0.1) is 9.49 Å². The van der Waals surface area contributed by atoms with Gasteiger partial charge >= 0.3 is 0 Å². The standard InChI is InChI=1S/C21H23ClIN5O2/c22-17-4-3-15(23)13-16(17)21(30)28-11-9-27(10-12-28)19-6-5-18(25-26-19)20(29)24-8-7-14-1-2-14/h3-6,13-14H,1-2,7-12H2,(H,24,29). The molecule has 2 amide bonds. The molecule has 4 rings (SSSR count). The number of benzene rings is 1. The van der Waals surface area contributed by atoms with E-state index in [0.717, 1.165) is 15.9 Å². The van der Waals surface area contributed by atoms with E-state index in [1.165, 1.54) is 12.8 Å². The normalized spacial score (nSPS) is 16.5. The highest BCUT2D eigenvalue weighted by Gasteiger charge is 2.25. The zero-order valence-electron chi connectivity index (χ0n) is 16.5. The highest BCUT2D eigenvalue weighted by Crippen LogP contribution is 2.31. The molecule has 1 aromatic heterocycles. The fourth-order valence-corrected chi connectivity index (χ4v) is 4.16. The number of nitrogens with zero attached hydrogens (tertiary/aromatic N) is 4. The Hall–Kier alpha value is -1.94. The molecule has 2 fully saturated rings. The van der Waals surface area contributed by atoms with Gasteiger partial charge in [-0.3, -0.25) is 9.59 Å². The van der Waals surface area contributed by atoms with Gasteiger partial charge in [0, 0.05) is 36.3 Å². The van der Waals surface area contributed by atoms with E-state index in [1.54, 1.807) is 12.1 Å². The molecule has 0 radical (unpaired) electrons. The van der Waals surface area contributed by atoms with E-state index in [1.807, 2.05) is 23.1 Å². The molecule has 0 spiro atoms. The number of piperazine rings is 1. The number of amides is 2. The van der Waals surface area contributed by atoms with Crippen LogP contribution in [0.1, 0.15) is 40.1 Å². The molecule has 158 valence electrons. The van der Waals surface area contributed by atoms with Crippen molar-refractivity contribution in [3.05, 3.63) is 50.2 Å². The molecule has 2 aliphatic rings. The molecule has 1 aromatic carbocycles. The minimum atomic E-state index is -0.181. The van der Waals surface area contributed by atoms with Crippen LogP contribution in [-0.4, -0.2) is 59.6 Å². The number of rotatable bonds is 6. The van der Waals surface area contributed by atoms with Crippen LogP contribution in [0.5, 0.6) is 0 Å². The highest BCUT2D eigenvalue weighted by atomic mass is 127. The Kier molecular flexibility index (Phi) is 6.72. The van der Waals surface area contributed by atoms with Crippen molar-refractivity contribution in [1.82, 2.24) is 20.4 Å². The second-order valence-corrected chi connectivity index (χ2v) is 9.32. The molecule has 2 heterocycles. The molecular weight excluding hydrogens is 517 g/mol. The van der Waals surface area contributed by atoms with E-state index in [2.05, 4.69) is 43.0 Å². The first-order valence-electron chi connectivity index (χ1n) is 10.1. The number of nitrogens with one attached hydrogen (secondary N) is 1. The molecule has 0 bridgehead atoms. The molecule has 1 N–H and O–H groups in total. The molecule has 1 aliphatic carbocycles. The Morgan fingerprint density at radius 2 is 1.87 bits per heavy atom. The smallest absolute Gasteiger partial charge is 0.271 e. The van der Waals surface area contributed by atoms with Crippen LogP contribution >= 0.6 is 34.2 Å². The number of carbonyl (C=O) groups excluding carboxylic acids is 2. The van der Waals surface area contributed by atoms with Crippen LogP contribution in [0.3, 0.4) is 0 Å². The minimum Gasteiger partial charge on any atom is -0.352 e. The number of halogens is 2. The largest absolute Gasteiger partial charge is 0.352 e. The van der Waals surface area contributed by atoms with E-state index in [4.69, 9.17) is 11.6 Å². The van der Waals surface area contributed by atoms with Gasteiger partial charge in [0.25, 0.3) is 11.8 Å². The van der Waals surface area contributed by atoms with Crippen molar-refractivity contribution in [2.24, 2.45) is 5.92 Å². The van der Waals surface area contributed by atoms with E-state index in [9.17, 15) is 9.59 Å². The van der Waals surface area contributed by atoms with Crippen molar-refractivity contribution in [2.75, 3.05) is 37.6 Å². The van der Waals surface area contributed by atoms with Gasteiger partial charge in [0.15, 0.2) is 11.5 Å². The highest BCUT2D eigenvalue weighted by molar-refractivity contribution is 14.1. The Morgan fingerprint density at radius 1 is 1.10 bits per heavy atom. The van der Waals surface area contributed by atoms with Crippen LogP contribution in [0.4, 0.5) is 5.82 Å². The van der Waals surface area contributed by atoms with Crippen LogP contribution in [-0.2, 0) is 0 Å². The molecule has 2 aromatic rings. The number of anilines is 1. The molecule has 0 atom stereocenters. The Balaban J connectivity index is 1.30. The van der Waals surface area contributed by atoms with Crippen LogP contribution in [0.2, 0.25) is 5.02 Å². The van der Waals surface area contributed by atoms with Gasteiger partial charge in [0.1, 0.15) is 0 Å². The van der Waals surface area contributed by atoms with Gasteiger partial charge in [-0.15, -0.1) is 10.2 Å². The first kappa shape index (κ1) is 21.3. The summed E-state index contributed by atoms with van der Waals surface area (Å²) in [5.41, 5.74) is 0.866. The quantitative estimate of drug-likeness (QED) is 0.571. The van der Waals surface area contributed by atoms with Crippen molar-refractivity contribution in [2.45, 2.75) is 19.3 Å². The topological polar surface area (TPSA) is 78.4 Å². The SMILES string of the molecule is O=C(NCCC1CC1)c1ccc(N2CCN(C(=O)c3cc(I)ccc3Cl)CC2)nn1. The second kappa shape index (κ2) is 9.47. The fourth-order valence-electron chi connectivity index (χ4n) is 3.47. The molecule has 1 saturated carbocycles. The second-order valence-electron chi connectivity index (χ2n) is 7.67. The average molecular weight is 540 g/mol. The van der Waals surface area contributed by atoms with Gasteiger partial charge in [0.2, 0.25) is 0 Å². The van der Waals surface area contributed by atoms with Gasteiger partial charge < -0.3 is 15.1 Å². The van der Waals surface area contributed by atoms with Gasteiger partial charge in [-0.25, -0.2) is 0 Å². The molecule has 9 heteroatoms. The maximum absolute atomic E-state index is 12.8. The predicted molar refractivity (Wildman–Crippen MR) is 124 cm³/mol. The number of carbonyl (C=O) groups is 2. The minimum absolute atomic E-state index is 0.0533. The van der Waals surface area contributed by atoms with Crippen molar-refractivity contribution in [3.63, 3.8) is 0 Å². The summed E-state index contributed by atoms with van der Waals surface area (Å²) in [4.78, 5) is 28.9. The third-order valence-electron chi connectivity index (χ3n) is 5.47. The summed E-state index contributed by atoms with van der Waals surface area (Å²) in [6.45, 7) is 3.13. The van der Waals surface area contributed by atoms with Crippen LogP contribution < -0.4 is 10.2 Å². The van der Waals surface area contributed by atoms with Gasteiger partial charge in [-0.1, -0.05) is 24.4 Å². The van der Waals surface area contributed by atoms with E-state index in [0.29, 0.717) is 54.8 Å². The van der Waals surface area contributed by atoms with Crippen molar-refractivity contribution >= 4 is 51.8 Å². The first-order chi connectivity index (χ1) is 14.5. The van der Waals surface area contributed by atoms with Crippen LogP contribution in [0.25, 0.3) is 0 Å². The maximum Gasteiger partial charge on any atom is 0.271 e. The summed E-state index contributed by atoms with van der Waals surface area (Å²) in [7, 11) is 0. The molecular formula is C21H23ClIN5O2. The summed E-state index contributed by atoms with van der Waals surface area (Å²) < 4.78 is 0.978. The van der Waals surface area contributed by atoms with Gasteiger partial charge in [-0.05, 0) is 65.3 Å². The molecule has 7 nitrogen and oxygen atoms in total. The summed E-state index contributed by atoms with van der Waals surface area (Å²) in [5, 5.41) is 11.7. The lowest BCUT2D eigenvalue weighted by molar-refractivity contribution is 0.0746. The Bertz CT molecular complexity index is 927. The molecule has 1 aliphatic heterocycles. The summed E-state index contributed by atoms with van der Waals surface area (Å²) in [5.74, 6) is 1.26. The van der Waals surface area contributed by atoms with Crippen molar-refractivity contribution < 1.29 is 9.59 Å². The first-order valence-corrected chi connectivity index (χ1v) is 11.6. The number of hydrogen-bond donors (Lipinski definition) is 1. The predicted octanol–water partition coefficient (Wildman–Crippen LogP) is 3.23. The number of aromatic nitrogens is 2. The zero-order chi connectivity index (χ0) is 21.1. The third-order valence-corrected chi connectivity index (χ3v) is 6.47. The van der Waals surface area contributed by atoms with Gasteiger partial charge in [-0.2, -0.15) is 0 Å². The van der Waals surface area contributed by atoms with E-state index in [-0.39, 0.29) is 11.8 Å². The lowest BCUT2D eigenvalue weighted by Crippen LogP contribution is -2.49. The Labute approximate surface area is 194 Å². The van der Waals surface area contributed by atoms with Gasteiger partial charge in [0.05, 0.1) is 10.6 Å². The fraction of sp³-hybridized carbons (Fsp3) is 0.429. The third kappa shape index (κ3) is 5.21.